The lowest BCUT2D eigenvalue weighted by atomic mass is 9.91. The van der Waals surface area contributed by atoms with Crippen LogP contribution in [0.1, 0.15) is 31.0 Å². The first kappa shape index (κ1) is 13.1. The predicted octanol–water partition coefficient (Wildman–Crippen LogP) is 2.03. The topological polar surface area (TPSA) is 41.1 Å². The van der Waals surface area contributed by atoms with E-state index in [1.165, 1.54) is 11.1 Å². The highest BCUT2D eigenvalue weighted by Gasteiger charge is 2.28. The molecule has 2 rings (SSSR count). The molecule has 3 nitrogen and oxygen atoms in total. The van der Waals surface area contributed by atoms with Gasteiger partial charge in [0.2, 0.25) is 5.91 Å². The Labute approximate surface area is 109 Å². The molecule has 1 amide bonds. The van der Waals surface area contributed by atoms with Gasteiger partial charge < -0.3 is 10.6 Å². The lowest BCUT2D eigenvalue weighted by Crippen LogP contribution is -2.51. The van der Waals surface area contributed by atoms with Crippen LogP contribution in [0.25, 0.3) is 0 Å². The third-order valence-corrected chi connectivity index (χ3v) is 3.64. The van der Waals surface area contributed by atoms with Gasteiger partial charge in [-0.15, -0.1) is 0 Å². The third-order valence-electron chi connectivity index (χ3n) is 3.64. The number of hydrogen-bond donors (Lipinski definition) is 2. The van der Waals surface area contributed by atoms with Gasteiger partial charge in [0, 0.05) is 13.1 Å². The van der Waals surface area contributed by atoms with Crippen molar-refractivity contribution in [3.8, 4) is 0 Å². The lowest BCUT2D eigenvalue weighted by Gasteiger charge is -2.30. The Morgan fingerprint density at radius 2 is 2.00 bits per heavy atom. The number of carbonyl (C=O) groups excluding carboxylic acids is 1. The van der Waals surface area contributed by atoms with Crippen molar-refractivity contribution in [2.24, 2.45) is 11.8 Å². The second-order valence-electron chi connectivity index (χ2n) is 5.44. The molecule has 0 aromatic heterocycles. The fourth-order valence-electron chi connectivity index (χ4n) is 2.28. The molecule has 1 aliphatic rings. The van der Waals surface area contributed by atoms with E-state index in [4.69, 9.17) is 0 Å². The standard InChI is InChI=1S/C15H22N2O/c1-10(2)14(13-7-5-4-6-11(13)3)17-15(18)12-8-16-9-12/h4-7,10,12,14,16H,8-9H2,1-3H3,(H,17,18). The van der Waals surface area contributed by atoms with E-state index < -0.39 is 0 Å². The van der Waals surface area contributed by atoms with Crippen LogP contribution in [0.5, 0.6) is 0 Å². The van der Waals surface area contributed by atoms with Gasteiger partial charge in [0.15, 0.2) is 0 Å². The van der Waals surface area contributed by atoms with E-state index in [-0.39, 0.29) is 17.9 Å². The van der Waals surface area contributed by atoms with Gasteiger partial charge in [-0.3, -0.25) is 4.79 Å². The first-order valence-electron chi connectivity index (χ1n) is 6.66. The Morgan fingerprint density at radius 3 is 2.50 bits per heavy atom. The molecule has 1 saturated heterocycles. The number of hydrogen-bond acceptors (Lipinski definition) is 2. The number of amides is 1. The van der Waals surface area contributed by atoms with E-state index in [9.17, 15) is 4.79 Å². The summed E-state index contributed by atoms with van der Waals surface area (Å²) in [6, 6.07) is 8.39. The van der Waals surface area contributed by atoms with Crippen LogP contribution in [0, 0.1) is 18.8 Å². The van der Waals surface area contributed by atoms with Gasteiger partial charge in [-0.05, 0) is 24.0 Å². The minimum absolute atomic E-state index is 0.110. The third kappa shape index (κ3) is 2.72. The molecule has 98 valence electrons. The monoisotopic (exact) mass is 246 g/mol. The van der Waals surface area contributed by atoms with Crippen LogP contribution >= 0.6 is 0 Å². The van der Waals surface area contributed by atoms with Crippen molar-refractivity contribution in [2.45, 2.75) is 26.8 Å². The molecular weight excluding hydrogens is 224 g/mol. The maximum Gasteiger partial charge on any atom is 0.226 e. The van der Waals surface area contributed by atoms with Crippen LogP contribution in [0.15, 0.2) is 24.3 Å². The van der Waals surface area contributed by atoms with Crippen LogP contribution in [-0.2, 0) is 4.79 Å². The van der Waals surface area contributed by atoms with Gasteiger partial charge in [-0.25, -0.2) is 0 Å². The predicted molar refractivity (Wildman–Crippen MR) is 73.3 cm³/mol. The normalized spacial score (nSPS) is 17.3. The molecule has 1 fully saturated rings. The first-order valence-corrected chi connectivity index (χ1v) is 6.66. The summed E-state index contributed by atoms with van der Waals surface area (Å²) in [5, 5.41) is 6.33. The van der Waals surface area contributed by atoms with Crippen molar-refractivity contribution >= 4 is 5.91 Å². The molecule has 1 aromatic rings. The highest BCUT2D eigenvalue weighted by Crippen LogP contribution is 2.25. The summed E-state index contributed by atoms with van der Waals surface area (Å²) in [6.45, 7) is 8.02. The molecule has 0 radical (unpaired) electrons. The van der Waals surface area contributed by atoms with Gasteiger partial charge in [0.25, 0.3) is 0 Å². The van der Waals surface area contributed by atoms with Crippen LogP contribution in [0.2, 0.25) is 0 Å². The molecular formula is C15H22N2O. The zero-order valence-corrected chi connectivity index (χ0v) is 11.4. The summed E-state index contributed by atoms with van der Waals surface area (Å²) in [7, 11) is 0. The average molecular weight is 246 g/mol. The van der Waals surface area contributed by atoms with Crippen molar-refractivity contribution in [2.75, 3.05) is 13.1 Å². The largest absolute Gasteiger partial charge is 0.349 e. The van der Waals surface area contributed by atoms with Crippen LogP contribution in [0.3, 0.4) is 0 Å². The minimum atomic E-state index is 0.110. The number of nitrogens with one attached hydrogen (secondary N) is 2. The molecule has 0 aliphatic carbocycles. The van der Waals surface area contributed by atoms with E-state index in [1.54, 1.807) is 0 Å². The molecule has 1 unspecified atom stereocenters. The van der Waals surface area contributed by atoms with Crippen molar-refractivity contribution in [1.82, 2.24) is 10.6 Å². The Kier molecular flexibility index (Phi) is 4.02. The highest BCUT2D eigenvalue weighted by atomic mass is 16.2. The molecule has 0 saturated carbocycles. The number of carbonyl (C=O) groups is 1. The summed E-state index contributed by atoms with van der Waals surface area (Å²) in [4.78, 5) is 12.1. The molecule has 1 atom stereocenters. The molecule has 2 N–H and O–H groups in total. The zero-order chi connectivity index (χ0) is 13.1. The maximum absolute atomic E-state index is 12.1. The Balaban J connectivity index is 2.13. The average Bonchev–Trinajstić information content (AvgIpc) is 2.24. The number of rotatable bonds is 4. The highest BCUT2D eigenvalue weighted by molar-refractivity contribution is 5.80. The van der Waals surface area contributed by atoms with E-state index >= 15 is 0 Å². The second-order valence-corrected chi connectivity index (χ2v) is 5.44. The zero-order valence-electron chi connectivity index (χ0n) is 11.4. The van der Waals surface area contributed by atoms with Crippen LogP contribution < -0.4 is 10.6 Å². The number of benzene rings is 1. The molecule has 1 heterocycles. The summed E-state index contributed by atoms with van der Waals surface area (Å²) in [5.74, 6) is 0.717. The molecule has 0 spiro atoms. The van der Waals surface area contributed by atoms with Crippen molar-refractivity contribution in [1.29, 1.82) is 0 Å². The van der Waals surface area contributed by atoms with Crippen molar-refractivity contribution in [3.63, 3.8) is 0 Å². The van der Waals surface area contributed by atoms with Crippen LogP contribution in [-0.4, -0.2) is 19.0 Å². The van der Waals surface area contributed by atoms with E-state index in [0.29, 0.717) is 5.92 Å². The van der Waals surface area contributed by atoms with Crippen LogP contribution in [0.4, 0.5) is 0 Å². The molecule has 18 heavy (non-hydrogen) atoms. The summed E-state index contributed by atoms with van der Waals surface area (Å²) >= 11 is 0. The fraction of sp³-hybridized carbons (Fsp3) is 0.533. The molecule has 0 bridgehead atoms. The lowest BCUT2D eigenvalue weighted by molar-refractivity contribution is -0.127. The number of aryl methyl sites for hydroxylation is 1. The van der Waals surface area contributed by atoms with E-state index in [2.05, 4.69) is 43.5 Å². The van der Waals surface area contributed by atoms with Crippen molar-refractivity contribution in [3.05, 3.63) is 35.4 Å². The summed E-state index contributed by atoms with van der Waals surface area (Å²) in [5.41, 5.74) is 2.47. The van der Waals surface area contributed by atoms with E-state index in [1.807, 2.05) is 12.1 Å². The van der Waals surface area contributed by atoms with Gasteiger partial charge in [0.1, 0.15) is 0 Å². The first-order chi connectivity index (χ1) is 8.59. The van der Waals surface area contributed by atoms with Gasteiger partial charge >= 0.3 is 0 Å². The van der Waals surface area contributed by atoms with Gasteiger partial charge in [0.05, 0.1) is 12.0 Å². The maximum atomic E-state index is 12.1. The molecule has 3 heteroatoms. The molecule has 1 aliphatic heterocycles. The second kappa shape index (κ2) is 5.53. The Bertz CT molecular complexity index is 424. The summed E-state index contributed by atoms with van der Waals surface area (Å²) in [6.07, 6.45) is 0. The Morgan fingerprint density at radius 1 is 1.33 bits per heavy atom. The quantitative estimate of drug-likeness (QED) is 0.853. The SMILES string of the molecule is Cc1ccccc1C(NC(=O)C1CNC1)C(C)C. The minimum Gasteiger partial charge on any atom is -0.349 e. The Hall–Kier alpha value is -1.35. The van der Waals surface area contributed by atoms with Crippen molar-refractivity contribution < 1.29 is 4.79 Å². The van der Waals surface area contributed by atoms with Gasteiger partial charge in [-0.1, -0.05) is 38.1 Å². The molecule has 1 aromatic carbocycles. The fourth-order valence-corrected chi connectivity index (χ4v) is 2.28. The van der Waals surface area contributed by atoms with E-state index in [0.717, 1.165) is 13.1 Å². The van der Waals surface area contributed by atoms with Gasteiger partial charge in [-0.2, -0.15) is 0 Å². The smallest absolute Gasteiger partial charge is 0.226 e. The summed E-state index contributed by atoms with van der Waals surface area (Å²) < 4.78 is 0.